The van der Waals surface area contributed by atoms with Crippen LogP contribution in [0.5, 0.6) is 0 Å². The molecule has 0 spiro atoms. The van der Waals surface area contributed by atoms with Gasteiger partial charge >= 0.3 is 0 Å². The second-order valence-corrected chi connectivity index (χ2v) is 14.3. The first-order valence-electron chi connectivity index (χ1n) is 18.6. The third-order valence-electron chi connectivity index (χ3n) is 10.8. The van der Waals surface area contributed by atoms with Crippen molar-refractivity contribution in [3.8, 4) is 16.9 Å². The van der Waals surface area contributed by atoms with Crippen molar-refractivity contribution in [2.24, 2.45) is 0 Å². The monoisotopic (exact) mass is 749 g/mol. The van der Waals surface area contributed by atoms with Crippen molar-refractivity contribution in [1.82, 2.24) is 44.1 Å². The van der Waals surface area contributed by atoms with Gasteiger partial charge in [0.05, 0.1) is 60.8 Å². The zero-order chi connectivity index (χ0) is 37.6. The summed E-state index contributed by atoms with van der Waals surface area (Å²) in [5.74, 6) is 0.443. The predicted octanol–water partition coefficient (Wildman–Crippen LogP) is 4.06. The van der Waals surface area contributed by atoms with Crippen LogP contribution in [0.3, 0.4) is 0 Å². The maximum absolute atomic E-state index is 14.9. The van der Waals surface area contributed by atoms with E-state index < -0.39 is 17.7 Å². The first kappa shape index (κ1) is 35.1. The Balaban J connectivity index is 1.10. The quantitative estimate of drug-likeness (QED) is 0.265. The van der Waals surface area contributed by atoms with E-state index in [1.165, 1.54) is 23.1 Å². The fraction of sp³-hybridized carbons (Fsp3) is 0.385. The average Bonchev–Trinajstić information content (AvgIpc) is 3.90. The Kier molecular flexibility index (Phi) is 9.31. The van der Waals surface area contributed by atoms with Gasteiger partial charge in [-0.2, -0.15) is 5.10 Å². The van der Waals surface area contributed by atoms with Crippen LogP contribution in [0.25, 0.3) is 39.0 Å². The molecule has 0 unspecified atom stereocenters. The zero-order valence-electron chi connectivity index (χ0n) is 30.6. The van der Waals surface area contributed by atoms with Crippen LogP contribution in [-0.4, -0.2) is 128 Å². The molecule has 9 rings (SSSR count). The average molecular weight is 750 g/mol. The fourth-order valence-corrected chi connectivity index (χ4v) is 8.09. The van der Waals surface area contributed by atoms with Crippen molar-refractivity contribution in [2.75, 3.05) is 69.8 Å². The molecule has 0 aliphatic carbocycles. The van der Waals surface area contributed by atoms with Crippen LogP contribution in [0.1, 0.15) is 12.2 Å². The van der Waals surface area contributed by atoms with Crippen LogP contribution in [0.2, 0.25) is 0 Å². The summed E-state index contributed by atoms with van der Waals surface area (Å²) >= 11 is 0. The van der Waals surface area contributed by atoms with E-state index >= 15 is 0 Å². The van der Waals surface area contributed by atoms with Gasteiger partial charge in [0, 0.05) is 57.4 Å². The number of fused-ring (bicyclic) bond motifs is 6. The molecule has 0 radical (unpaired) electrons. The van der Waals surface area contributed by atoms with Crippen molar-refractivity contribution in [3.63, 3.8) is 0 Å². The normalized spacial score (nSPS) is 20.9. The number of hydrogen-bond acceptors (Lipinski definition) is 11. The second-order valence-electron chi connectivity index (χ2n) is 14.3. The molecule has 284 valence electrons. The molecule has 2 aromatic carbocycles. The second kappa shape index (κ2) is 14.6. The van der Waals surface area contributed by atoms with Crippen LogP contribution in [0.15, 0.2) is 67.1 Å². The van der Waals surface area contributed by atoms with Gasteiger partial charge in [-0.15, -0.1) is 0 Å². The standard InChI is InChI=1S/C39H41F2N11O3/c1-24-45-32-7-3-5-28-31-6-4-8-35(47-31)46-26-18-34(39(53)48(2)21-27(22-50(24)36(28)32)55-16-13-49-11-14-54-15-12-49)51(20-26)37-29-19-44-52(38(29)43-23-42-37)33-10-9-25(40)17-30(33)41/h3-10,17,19,23,26-27,34H,11-16,18,20-22H2,1-2H3,(H,46,47)/t26-,27+,34-/m0/s1. The Labute approximate surface area is 315 Å². The number of halogens is 2. The molecule has 2 saturated heterocycles. The summed E-state index contributed by atoms with van der Waals surface area (Å²) in [5, 5.41) is 8.56. The van der Waals surface area contributed by atoms with Crippen molar-refractivity contribution < 1.29 is 23.0 Å². The molecular formula is C39H41F2N11O3. The van der Waals surface area contributed by atoms with E-state index in [4.69, 9.17) is 19.4 Å². The smallest absolute Gasteiger partial charge is 0.245 e. The van der Waals surface area contributed by atoms with E-state index in [0.717, 1.165) is 53.8 Å². The Morgan fingerprint density at radius 3 is 2.71 bits per heavy atom. The molecule has 3 atom stereocenters. The lowest BCUT2D eigenvalue weighted by atomic mass is 10.1. The maximum Gasteiger partial charge on any atom is 0.245 e. The van der Waals surface area contributed by atoms with Gasteiger partial charge in [0.25, 0.3) is 0 Å². The lowest BCUT2D eigenvalue weighted by molar-refractivity contribution is -0.133. The summed E-state index contributed by atoms with van der Waals surface area (Å²) in [4.78, 5) is 39.8. The number of carbonyl (C=O) groups is 1. The van der Waals surface area contributed by atoms with Crippen LogP contribution >= 0.6 is 0 Å². The molecule has 7 heterocycles. The molecular weight excluding hydrogens is 708 g/mol. The van der Waals surface area contributed by atoms with E-state index in [2.05, 4.69) is 35.9 Å². The highest BCUT2D eigenvalue weighted by Crippen LogP contribution is 2.34. The van der Waals surface area contributed by atoms with Gasteiger partial charge < -0.3 is 29.2 Å². The van der Waals surface area contributed by atoms with Crippen molar-refractivity contribution in [2.45, 2.75) is 38.1 Å². The number of pyridine rings is 1. The van der Waals surface area contributed by atoms with Crippen LogP contribution < -0.4 is 10.2 Å². The number of para-hydroxylation sites is 1. The minimum absolute atomic E-state index is 0.0495. The number of nitrogens with zero attached hydrogens (tertiary/aromatic N) is 10. The number of imidazole rings is 1. The first-order chi connectivity index (χ1) is 26.8. The number of ether oxygens (including phenoxy) is 2. The highest BCUT2D eigenvalue weighted by Gasteiger charge is 2.41. The van der Waals surface area contributed by atoms with Crippen LogP contribution in [0, 0.1) is 18.6 Å². The van der Waals surface area contributed by atoms with E-state index in [0.29, 0.717) is 68.5 Å². The summed E-state index contributed by atoms with van der Waals surface area (Å²) in [6, 6.07) is 14.5. The highest BCUT2D eigenvalue weighted by molar-refractivity contribution is 5.93. The van der Waals surface area contributed by atoms with Gasteiger partial charge in [-0.05, 0) is 43.7 Å². The Morgan fingerprint density at radius 1 is 1.00 bits per heavy atom. The number of likely N-dealkylation sites (N-methyl/N-ethyl adjacent to an activating group) is 1. The topological polar surface area (TPSA) is 132 Å². The number of carbonyl (C=O) groups excluding carboxylic acids is 1. The molecule has 2 fully saturated rings. The van der Waals surface area contributed by atoms with Crippen LogP contribution in [-0.2, 0) is 20.8 Å². The lowest BCUT2D eigenvalue weighted by Gasteiger charge is -2.32. The minimum atomic E-state index is -0.774. The number of rotatable bonds is 6. The number of nitrogens with one attached hydrogen (secondary N) is 1. The highest BCUT2D eigenvalue weighted by atomic mass is 19.1. The summed E-state index contributed by atoms with van der Waals surface area (Å²) in [6.07, 6.45) is 3.04. The van der Waals surface area contributed by atoms with Crippen molar-refractivity contribution >= 4 is 39.6 Å². The van der Waals surface area contributed by atoms with Gasteiger partial charge in [-0.1, -0.05) is 18.2 Å². The molecule has 1 amide bonds. The number of hydrogen-bond donors (Lipinski definition) is 1. The number of amides is 1. The van der Waals surface area contributed by atoms with E-state index in [-0.39, 0.29) is 23.7 Å². The Hall–Kier alpha value is -5.58. The van der Waals surface area contributed by atoms with Gasteiger partial charge in [0.1, 0.15) is 41.3 Å². The molecule has 3 aliphatic heterocycles. The molecule has 16 heteroatoms. The third-order valence-corrected chi connectivity index (χ3v) is 10.8. The van der Waals surface area contributed by atoms with Crippen molar-refractivity contribution in [1.29, 1.82) is 0 Å². The molecule has 6 aromatic rings. The number of aromatic nitrogens is 7. The zero-order valence-corrected chi connectivity index (χ0v) is 30.6. The molecule has 14 nitrogen and oxygen atoms in total. The minimum Gasteiger partial charge on any atom is -0.379 e. The molecule has 1 N–H and O–H groups in total. The van der Waals surface area contributed by atoms with Gasteiger partial charge in [-0.25, -0.2) is 33.4 Å². The van der Waals surface area contributed by atoms with E-state index in [9.17, 15) is 13.6 Å². The Bertz CT molecular complexity index is 2380. The fourth-order valence-electron chi connectivity index (χ4n) is 8.09. The molecule has 0 saturated carbocycles. The number of aryl methyl sites for hydroxylation is 1. The first-order valence-corrected chi connectivity index (χ1v) is 18.6. The number of benzene rings is 2. The summed E-state index contributed by atoms with van der Waals surface area (Å²) in [7, 11) is 1.82. The molecule has 4 aromatic heterocycles. The molecule has 55 heavy (non-hydrogen) atoms. The molecule has 4 bridgehead atoms. The third kappa shape index (κ3) is 6.74. The van der Waals surface area contributed by atoms with Crippen LogP contribution in [0.4, 0.5) is 20.4 Å². The molecule has 3 aliphatic rings. The SMILES string of the molecule is Cc1nc2cccc3c2n1C[C@H](OCCN1CCOCC1)CN(C)C(=O)[C@@H]1C[C@@H](CN1c1ncnc2c1cnn2-c1ccc(F)cc1F)Nc1cccc-3n1. The summed E-state index contributed by atoms with van der Waals surface area (Å²) in [6.45, 7) is 7.58. The van der Waals surface area contributed by atoms with Crippen molar-refractivity contribution in [3.05, 3.63) is 84.6 Å². The number of anilines is 2. The van der Waals surface area contributed by atoms with Gasteiger partial charge in [0.15, 0.2) is 11.5 Å². The number of morpholine rings is 1. The Morgan fingerprint density at radius 2 is 1.85 bits per heavy atom. The largest absolute Gasteiger partial charge is 0.379 e. The van der Waals surface area contributed by atoms with Gasteiger partial charge in [-0.3, -0.25) is 9.69 Å². The summed E-state index contributed by atoms with van der Waals surface area (Å²) < 4.78 is 44.4. The van der Waals surface area contributed by atoms with E-state index in [1.54, 1.807) is 11.1 Å². The predicted molar refractivity (Wildman–Crippen MR) is 202 cm³/mol. The van der Waals surface area contributed by atoms with E-state index in [1.807, 2.05) is 49.2 Å². The van der Waals surface area contributed by atoms with Gasteiger partial charge in [0.2, 0.25) is 5.91 Å². The lowest BCUT2D eigenvalue weighted by Crippen LogP contribution is -2.48. The summed E-state index contributed by atoms with van der Waals surface area (Å²) in [5.41, 5.74) is 3.97. The maximum atomic E-state index is 14.9.